The highest BCUT2D eigenvalue weighted by Gasteiger charge is 2.42. The summed E-state index contributed by atoms with van der Waals surface area (Å²) < 4.78 is 9.93. The lowest BCUT2D eigenvalue weighted by molar-refractivity contribution is 0.139. The Labute approximate surface area is 216 Å². The average molecular weight is 494 g/mol. The molecule has 1 saturated carbocycles. The number of fused-ring (bicyclic) bond motifs is 3. The summed E-state index contributed by atoms with van der Waals surface area (Å²) in [6, 6.07) is 18.4. The fourth-order valence-corrected chi connectivity index (χ4v) is 8.63. The van der Waals surface area contributed by atoms with E-state index >= 15 is 0 Å². The van der Waals surface area contributed by atoms with Crippen LogP contribution in [0.2, 0.25) is 0 Å². The van der Waals surface area contributed by atoms with Crippen LogP contribution in [-0.2, 0) is 0 Å². The molecule has 1 heterocycles. The lowest BCUT2D eigenvalue weighted by Crippen LogP contribution is -2.49. The van der Waals surface area contributed by atoms with Gasteiger partial charge in [0.2, 0.25) is 0 Å². The summed E-state index contributed by atoms with van der Waals surface area (Å²) in [5.74, 6) is 1.07. The second-order valence-electron chi connectivity index (χ2n) is 11.4. The number of hydrogen-bond acceptors (Lipinski definition) is 2. The number of benzene rings is 2. The summed E-state index contributed by atoms with van der Waals surface area (Å²) >= 11 is 0. The van der Waals surface area contributed by atoms with Gasteiger partial charge in [-0.25, -0.2) is 4.67 Å². The molecule has 1 fully saturated rings. The number of para-hydroxylation sites is 1. The van der Waals surface area contributed by atoms with Crippen molar-refractivity contribution < 1.29 is 4.52 Å². The normalized spacial score (nSPS) is 20.3. The summed E-state index contributed by atoms with van der Waals surface area (Å²) in [5.41, 5.74) is 2.74. The third-order valence-corrected chi connectivity index (χ3v) is 10.5. The molecule has 0 radical (unpaired) electrons. The van der Waals surface area contributed by atoms with Crippen molar-refractivity contribution in [2.75, 3.05) is 0 Å². The molecule has 1 atom stereocenters. The van der Waals surface area contributed by atoms with Gasteiger partial charge in [-0.15, -0.1) is 0 Å². The fourth-order valence-electron chi connectivity index (χ4n) is 6.14. The van der Waals surface area contributed by atoms with Gasteiger partial charge in [0.1, 0.15) is 5.75 Å². The van der Waals surface area contributed by atoms with Crippen LogP contribution in [0.3, 0.4) is 0 Å². The Bertz CT molecular complexity index is 898. The van der Waals surface area contributed by atoms with Crippen LogP contribution in [0.5, 0.6) is 5.75 Å². The zero-order valence-corrected chi connectivity index (χ0v) is 23.5. The molecule has 0 bridgehead atoms. The van der Waals surface area contributed by atoms with E-state index in [9.17, 15) is 0 Å². The summed E-state index contributed by atoms with van der Waals surface area (Å²) in [4.78, 5) is 0. The summed E-state index contributed by atoms with van der Waals surface area (Å²) in [7, 11) is -0.884. The van der Waals surface area contributed by atoms with Crippen LogP contribution in [0.25, 0.3) is 11.1 Å². The fraction of sp³-hybridized carbons (Fsp3) is 0.625. The molecule has 2 nitrogen and oxygen atoms in total. The first-order valence-electron chi connectivity index (χ1n) is 14.6. The summed E-state index contributed by atoms with van der Waals surface area (Å²) in [6.45, 7) is 7.33. The lowest BCUT2D eigenvalue weighted by atomic mass is 9.92. The molecule has 2 aromatic rings. The molecular formula is C32H48NOP. The maximum absolute atomic E-state index is 7.03. The highest BCUT2D eigenvalue weighted by Crippen LogP contribution is 2.55. The molecule has 0 N–H and O–H groups in total. The number of rotatable bonds is 7. The van der Waals surface area contributed by atoms with Crippen molar-refractivity contribution in [3.63, 3.8) is 0 Å². The summed E-state index contributed by atoms with van der Waals surface area (Å²) in [5, 5.41) is 1.41. The van der Waals surface area contributed by atoms with E-state index in [4.69, 9.17) is 4.52 Å². The zero-order valence-electron chi connectivity index (χ0n) is 22.6. The first-order valence-corrected chi connectivity index (χ1v) is 15.8. The topological polar surface area (TPSA) is 12.5 Å². The third kappa shape index (κ3) is 6.90. The van der Waals surface area contributed by atoms with Crippen molar-refractivity contribution in [1.82, 2.24) is 4.67 Å². The average Bonchev–Trinajstić information content (AvgIpc) is 2.85. The van der Waals surface area contributed by atoms with E-state index in [0.717, 1.165) is 5.75 Å². The predicted octanol–water partition coefficient (Wildman–Crippen LogP) is 10.0. The standard InChI is InChI=1S/C32H48NOP/c1-4-5-19-26-32(2,3)33(27-20-13-11-9-7-6-8-10-12-14-21-27)35-31-25-18-16-23-29(31)28-22-15-17-24-30(28)34-35/h15-18,22-25,27H,4-14,19-21,26H2,1-3H3. The predicted molar refractivity (Wildman–Crippen MR) is 154 cm³/mol. The van der Waals surface area contributed by atoms with E-state index in [0.29, 0.717) is 6.04 Å². The van der Waals surface area contributed by atoms with Crippen molar-refractivity contribution in [3.05, 3.63) is 48.5 Å². The molecule has 1 aliphatic carbocycles. The van der Waals surface area contributed by atoms with Gasteiger partial charge in [-0.2, -0.15) is 0 Å². The molecule has 1 aliphatic heterocycles. The molecule has 35 heavy (non-hydrogen) atoms. The highest BCUT2D eigenvalue weighted by molar-refractivity contribution is 7.59. The van der Waals surface area contributed by atoms with E-state index in [1.165, 1.54) is 113 Å². The molecule has 2 aliphatic rings. The minimum Gasteiger partial charge on any atom is -0.453 e. The van der Waals surface area contributed by atoms with Gasteiger partial charge in [-0.1, -0.05) is 120 Å². The van der Waals surface area contributed by atoms with Crippen LogP contribution in [0.1, 0.15) is 117 Å². The monoisotopic (exact) mass is 493 g/mol. The Morgan fingerprint density at radius 1 is 0.771 bits per heavy atom. The number of unbranched alkanes of at least 4 members (excludes halogenated alkanes) is 2. The van der Waals surface area contributed by atoms with Crippen molar-refractivity contribution in [1.29, 1.82) is 0 Å². The molecule has 192 valence electrons. The Hall–Kier alpha value is -1.37. The maximum atomic E-state index is 7.03. The van der Waals surface area contributed by atoms with Crippen molar-refractivity contribution in [2.24, 2.45) is 0 Å². The third-order valence-electron chi connectivity index (χ3n) is 8.10. The molecular weight excluding hydrogens is 445 g/mol. The quantitative estimate of drug-likeness (QED) is 0.281. The minimum atomic E-state index is -0.884. The molecule has 0 saturated heterocycles. The Morgan fingerprint density at radius 3 is 2.00 bits per heavy atom. The Balaban J connectivity index is 1.69. The van der Waals surface area contributed by atoms with Gasteiger partial charge in [0.05, 0.1) is 0 Å². The minimum absolute atomic E-state index is 0.113. The molecule has 3 heteroatoms. The van der Waals surface area contributed by atoms with E-state index in [-0.39, 0.29) is 5.54 Å². The van der Waals surface area contributed by atoms with Crippen LogP contribution in [-0.4, -0.2) is 16.3 Å². The van der Waals surface area contributed by atoms with Crippen LogP contribution in [0.4, 0.5) is 0 Å². The van der Waals surface area contributed by atoms with Crippen LogP contribution >= 0.6 is 8.30 Å². The molecule has 4 rings (SSSR count). The first kappa shape index (κ1) is 26.7. The molecule has 0 aromatic heterocycles. The van der Waals surface area contributed by atoms with Gasteiger partial charge < -0.3 is 4.52 Å². The van der Waals surface area contributed by atoms with Crippen molar-refractivity contribution in [2.45, 2.75) is 129 Å². The molecule has 1 unspecified atom stereocenters. The Kier molecular flexibility index (Phi) is 10.1. The van der Waals surface area contributed by atoms with Crippen molar-refractivity contribution in [3.8, 4) is 16.9 Å². The molecule has 2 aromatic carbocycles. The lowest BCUT2D eigenvalue weighted by Gasteiger charge is -2.49. The van der Waals surface area contributed by atoms with E-state index in [1.807, 2.05) is 0 Å². The number of hydrogen-bond donors (Lipinski definition) is 0. The first-order chi connectivity index (χ1) is 17.1. The second-order valence-corrected chi connectivity index (χ2v) is 13.0. The largest absolute Gasteiger partial charge is 0.453 e. The van der Waals surface area contributed by atoms with Gasteiger partial charge in [0, 0.05) is 22.4 Å². The molecule has 0 amide bonds. The van der Waals surface area contributed by atoms with Gasteiger partial charge >= 0.3 is 0 Å². The zero-order chi connectivity index (χ0) is 24.5. The number of nitrogens with zero attached hydrogens (tertiary/aromatic N) is 1. The van der Waals surface area contributed by atoms with E-state index < -0.39 is 8.30 Å². The van der Waals surface area contributed by atoms with Crippen LogP contribution in [0, 0.1) is 0 Å². The Morgan fingerprint density at radius 2 is 1.34 bits per heavy atom. The van der Waals surface area contributed by atoms with Gasteiger partial charge in [-0.05, 0) is 50.8 Å². The molecule has 0 spiro atoms. The van der Waals surface area contributed by atoms with Gasteiger partial charge in [-0.3, -0.25) is 0 Å². The summed E-state index contributed by atoms with van der Waals surface area (Å²) in [6.07, 6.45) is 20.4. The van der Waals surface area contributed by atoms with Crippen LogP contribution < -0.4 is 9.83 Å². The van der Waals surface area contributed by atoms with E-state index in [2.05, 4.69) is 74.0 Å². The van der Waals surface area contributed by atoms with Crippen molar-refractivity contribution >= 4 is 13.6 Å². The smallest absolute Gasteiger partial charge is 0.198 e. The van der Waals surface area contributed by atoms with Gasteiger partial charge in [0.15, 0.2) is 8.30 Å². The maximum Gasteiger partial charge on any atom is 0.198 e. The second kappa shape index (κ2) is 13.3. The highest BCUT2D eigenvalue weighted by atomic mass is 31.2. The van der Waals surface area contributed by atoms with Crippen LogP contribution in [0.15, 0.2) is 48.5 Å². The van der Waals surface area contributed by atoms with Gasteiger partial charge in [0.25, 0.3) is 0 Å². The SMILES string of the molecule is CCCCCC(C)(C)N(C1CCCCCCCCCCC1)P1Oc2ccccc2-c2ccccc21. The van der Waals surface area contributed by atoms with E-state index in [1.54, 1.807) is 0 Å².